The van der Waals surface area contributed by atoms with Crippen molar-refractivity contribution < 1.29 is 23.5 Å². The van der Waals surface area contributed by atoms with Crippen molar-refractivity contribution in [2.45, 2.75) is 104 Å². The smallest absolute Gasteiger partial charge is 0.410 e. The quantitative estimate of drug-likeness (QED) is 0.492. The third kappa shape index (κ3) is 7.45. The van der Waals surface area contributed by atoms with Crippen molar-refractivity contribution in [2.24, 2.45) is 0 Å². The number of rotatable bonds is 5. The van der Waals surface area contributed by atoms with E-state index in [0.29, 0.717) is 19.6 Å². The number of hydrogen-bond acceptors (Lipinski definition) is 5. The average Bonchev–Trinajstić information content (AvgIpc) is 2.45. The summed E-state index contributed by atoms with van der Waals surface area (Å²) in [5, 5.41) is 0.103. The SMILES string of the molecule is CCOC(=O)C[C@@H]1CC[C@H](O[Si](C)(C)C(C)(C)C)CN1C(=O)OC(C)(C)C. The van der Waals surface area contributed by atoms with Gasteiger partial charge in [0.05, 0.1) is 19.1 Å². The van der Waals surface area contributed by atoms with Crippen molar-refractivity contribution in [2.75, 3.05) is 13.2 Å². The number of carbonyl (C=O) groups is 2. The van der Waals surface area contributed by atoms with E-state index >= 15 is 0 Å². The first kappa shape index (κ1) is 24.0. The van der Waals surface area contributed by atoms with Gasteiger partial charge in [-0.2, -0.15) is 0 Å². The Labute approximate surface area is 166 Å². The predicted octanol–water partition coefficient (Wildman–Crippen LogP) is 4.73. The van der Waals surface area contributed by atoms with Gasteiger partial charge in [0.2, 0.25) is 0 Å². The Kier molecular flexibility index (Phi) is 7.94. The van der Waals surface area contributed by atoms with E-state index in [0.717, 1.165) is 6.42 Å². The maximum absolute atomic E-state index is 12.8. The Morgan fingerprint density at radius 3 is 2.15 bits per heavy atom. The van der Waals surface area contributed by atoms with Crippen LogP contribution >= 0.6 is 0 Å². The normalized spacial score (nSPS) is 21.7. The van der Waals surface area contributed by atoms with Gasteiger partial charge in [0.15, 0.2) is 8.32 Å². The number of hydrogen-bond donors (Lipinski definition) is 0. The summed E-state index contributed by atoms with van der Waals surface area (Å²) in [5.74, 6) is -0.278. The zero-order valence-electron chi connectivity index (χ0n) is 18.7. The molecule has 27 heavy (non-hydrogen) atoms. The van der Waals surface area contributed by atoms with Crippen LogP contribution in [-0.4, -0.2) is 56.2 Å². The molecule has 2 atom stereocenters. The molecule has 0 radical (unpaired) electrons. The number of carbonyl (C=O) groups excluding carboxylic acids is 2. The maximum atomic E-state index is 12.8. The van der Waals surface area contributed by atoms with Gasteiger partial charge in [0.25, 0.3) is 0 Å². The minimum atomic E-state index is -1.94. The molecule has 0 saturated carbocycles. The van der Waals surface area contributed by atoms with Crippen LogP contribution < -0.4 is 0 Å². The van der Waals surface area contributed by atoms with E-state index in [4.69, 9.17) is 13.9 Å². The van der Waals surface area contributed by atoms with Crippen LogP contribution in [0.3, 0.4) is 0 Å². The van der Waals surface area contributed by atoms with Gasteiger partial charge in [-0.25, -0.2) is 4.79 Å². The number of piperidine rings is 1. The van der Waals surface area contributed by atoms with Crippen LogP contribution in [0.2, 0.25) is 18.1 Å². The lowest BCUT2D eigenvalue weighted by atomic mass is 9.98. The number of nitrogens with zero attached hydrogens (tertiary/aromatic N) is 1. The first-order chi connectivity index (χ1) is 12.2. The molecule has 6 nitrogen and oxygen atoms in total. The zero-order chi connectivity index (χ0) is 21.0. The monoisotopic (exact) mass is 401 g/mol. The van der Waals surface area contributed by atoms with Gasteiger partial charge in [-0.05, 0) is 58.7 Å². The summed E-state index contributed by atoms with van der Waals surface area (Å²) >= 11 is 0. The number of ether oxygens (including phenoxy) is 2. The summed E-state index contributed by atoms with van der Waals surface area (Å²) in [6.07, 6.45) is 1.31. The van der Waals surface area contributed by atoms with Gasteiger partial charge in [0, 0.05) is 12.6 Å². The number of esters is 1. The minimum absolute atomic E-state index is 0.0307. The molecule has 0 aromatic rings. The van der Waals surface area contributed by atoms with Crippen LogP contribution in [0, 0.1) is 0 Å². The second-order valence-corrected chi connectivity index (χ2v) is 14.6. The minimum Gasteiger partial charge on any atom is -0.466 e. The van der Waals surface area contributed by atoms with Crippen LogP contribution in [0.15, 0.2) is 0 Å². The molecular formula is C20H39NO5Si. The summed E-state index contributed by atoms with van der Waals surface area (Å²) in [5.41, 5.74) is -0.585. The zero-order valence-corrected chi connectivity index (χ0v) is 19.7. The van der Waals surface area contributed by atoms with Crippen LogP contribution in [0.25, 0.3) is 0 Å². The molecule has 0 aromatic carbocycles. The van der Waals surface area contributed by atoms with E-state index in [2.05, 4.69) is 33.9 Å². The van der Waals surface area contributed by atoms with Crippen LogP contribution in [-0.2, 0) is 18.7 Å². The third-order valence-electron chi connectivity index (χ3n) is 5.27. The highest BCUT2D eigenvalue weighted by molar-refractivity contribution is 6.74. The van der Waals surface area contributed by atoms with Gasteiger partial charge in [-0.3, -0.25) is 4.79 Å². The fraction of sp³-hybridized carbons (Fsp3) is 0.900. The van der Waals surface area contributed by atoms with E-state index < -0.39 is 13.9 Å². The Balaban J connectivity index is 2.92. The van der Waals surface area contributed by atoms with Crippen LogP contribution in [0.5, 0.6) is 0 Å². The van der Waals surface area contributed by atoms with Crippen molar-refractivity contribution in [3.05, 3.63) is 0 Å². The molecule has 1 heterocycles. The second-order valence-electron chi connectivity index (χ2n) is 9.87. The highest BCUT2D eigenvalue weighted by Gasteiger charge is 2.42. The highest BCUT2D eigenvalue weighted by Crippen LogP contribution is 2.38. The first-order valence-electron chi connectivity index (χ1n) is 9.99. The molecule has 1 aliphatic heterocycles. The van der Waals surface area contributed by atoms with Crippen molar-refractivity contribution in [1.82, 2.24) is 4.90 Å². The topological polar surface area (TPSA) is 65.1 Å². The summed E-state index contributed by atoms with van der Waals surface area (Å²) in [6.45, 7) is 19.2. The molecule has 1 aliphatic rings. The van der Waals surface area contributed by atoms with Crippen molar-refractivity contribution in [3.63, 3.8) is 0 Å². The van der Waals surface area contributed by atoms with E-state index in [-0.39, 0.29) is 35.7 Å². The second kappa shape index (κ2) is 8.95. The summed E-state index contributed by atoms with van der Waals surface area (Å²) in [7, 11) is -1.94. The van der Waals surface area contributed by atoms with Gasteiger partial charge < -0.3 is 18.8 Å². The molecule has 0 N–H and O–H groups in total. The molecule has 0 bridgehead atoms. The van der Waals surface area contributed by atoms with Crippen molar-refractivity contribution in [3.8, 4) is 0 Å². The molecule has 0 spiro atoms. The van der Waals surface area contributed by atoms with Gasteiger partial charge in [-0.1, -0.05) is 20.8 Å². The number of amides is 1. The highest BCUT2D eigenvalue weighted by atomic mass is 28.4. The van der Waals surface area contributed by atoms with Crippen molar-refractivity contribution >= 4 is 20.4 Å². The Morgan fingerprint density at radius 1 is 1.07 bits per heavy atom. The van der Waals surface area contributed by atoms with E-state index in [1.54, 1.807) is 11.8 Å². The summed E-state index contributed by atoms with van der Waals surface area (Å²) in [4.78, 5) is 26.4. The predicted molar refractivity (Wildman–Crippen MR) is 109 cm³/mol. The largest absolute Gasteiger partial charge is 0.466 e. The molecule has 1 saturated heterocycles. The lowest BCUT2D eigenvalue weighted by Crippen LogP contribution is -2.54. The molecule has 158 valence electrons. The molecule has 1 fully saturated rings. The summed E-state index contributed by atoms with van der Waals surface area (Å²) < 4.78 is 17.2. The van der Waals surface area contributed by atoms with Crippen LogP contribution in [0.4, 0.5) is 4.79 Å². The van der Waals surface area contributed by atoms with E-state index in [9.17, 15) is 9.59 Å². The van der Waals surface area contributed by atoms with Gasteiger partial charge in [0.1, 0.15) is 5.60 Å². The molecule has 0 aromatic heterocycles. The van der Waals surface area contributed by atoms with Gasteiger partial charge in [-0.15, -0.1) is 0 Å². The lowest BCUT2D eigenvalue weighted by molar-refractivity contribution is -0.145. The molecule has 7 heteroatoms. The van der Waals surface area contributed by atoms with Crippen LogP contribution in [0.1, 0.15) is 67.7 Å². The fourth-order valence-electron chi connectivity index (χ4n) is 2.85. The van der Waals surface area contributed by atoms with Gasteiger partial charge >= 0.3 is 12.1 Å². The Bertz CT molecular complexity index is 521. The Morgan fingerprint density at radius 2 is 1.67 bits per heavy atom. The standard InChI is InChI=1S/C20H39NO5Si/c1-10-24-17(22)13-15-11-12-16(26-27(8,9)20(5,6)7)14-21(15)18(23)25-19(2,3)4/h15-16H,10-14H2,1-9H3/t15-,16-/m0/s1. The summed E-state index contributed by atoms with van der Waals surface area (Å²) in [6, 6.07) is -0.210. The van der Waals surface area contributed by atoms with Crippen molar-refractivity contribution in [1.29, 1.82) is 0 Å². The van der Waals surface area contributed by atoms with E-state index in [1.165, 1.54) is 0 Å². The molecule has 0 unspecified atom stereocenters. The molecule has 0 aliphatic carbocycles. The maximum Gasteiger partial charge on any atom is 0.410 e. The number of likely N-dealkylation sites (tertiary alicyclic amines) is 1. The van der Waals surface area contributed by atoms with E-state index in [1.807, 2.05) is 20.8 Å². The lowest BCUT2D eigenvalue weighted by Gasteiger charge is -2.44. The molecular weight excluding hydrogens is 362 g/mol. The fourth-order valence-corrected chi connectivity index (χ4v) is 4.23. The average molecular weight is 402 g/mol. The Hall–Kier alpha value is -1.08. The molecule has 1 amide bonds. The first-order valence-corrected chi connectivity index (χ1v) is 12.9. The molecule has 1 rings (SSSR count). The third-order valence-corrected chi connectivity index (χ3v) is 9.80.